The molecule has 1 aromatic heterocycles. The maximum Gasteiger partial charge on any atom is 0.239 e. The molecule has 0 aliphatic heterocycles. The first kappa shape index (κ1) is 17.2. The summed E-state index contributed by atoms with van der Waals surface area (Å²) in [6, 6.07) is 16.0. The summed E-state index contributed by atoms with van der Waals surface area (Å²) < 4.78 is 6.39. The van der Waals surface area contributed by atoms with E-state index >= 15 is 0 Å². The third-order valence-electron chi connectivity index (χ3n) is 3.88. The van der Waals surface area contributed by atoms with Crippen LogP contribution in [-0.2, 0) is 11.2 Å². The fourth-order valence-electron chi connectivity index (χ4n) is 2.57. The van der Waals surface area contributed by atoms with Crippen LogP contribution in [0.4, 0.5) is 5.13 Å². The molecule has 1 heterocycles. The molecule has 2 aromatic carbocycles. The number of para-hydroxylation sites is 1. The van der Waals surface area contributed by atoms with Gasteiger partial charge in [0, 0.05) is 13.6 Å². The third-order valence-corrected chi connectivity index (χ3v) is 5.01. The van der Waals surface area contributed by atoms with E-state index in [1.54, 1.807) is 18.4 Å². The lowest BCUT2D eigenvalue weighted by molar-refractivity contribution is -0.119. The lowest BCUT2D eigenvalue weighted by Gasteiger charge is -2.15. The predicted molar refractivity (Wildman–Crippen MR) is 103 cm³/mol. The smallest absolute Gasteiger partial charge is 0.239 e. The summed E-state index contributed by atoms with van der Waals surface area (Å²) in [6.45, 7) is 0.904. The van der Waals surface area contributed by atoms with Gasteiger partial charge >= 0.3 is 0 Å². The summed E-state index contributed by atoms with van der Waals surface area (Å²) in [5.74, 6) is 0.741. The number of fused-ring (bicyclic) bond motifs is 1. The van der Waals surface area contributed by atoms with E-state index in [1.165, 1.54) is 5.56 Å². The van der Waals surface area contributed by atoms with E-state index in [1.807, 2.05) is 48.3 Å². The van der Waals surface area contributed by atoms with Gasteiger partial charge in [0.1, 0.15) is 11.3 Å². The van der Waals surface area contributed by atoms with Crippen molar-refractivity contribution in [1.29, 1.82) is 0 Å². The zero-order valence-corrected chi connectivity index (χ0v) is 15.2. The van der Waals surface area contributed by atoms with Gasteiger partial charge in [0.2, 0.25) is 5.91 Å². The molecule has 25 heavy (non-hydrogen) atoms. The highest BCUT2D eigenvalue weighted by Crippen LogP contribution is 2.33. The van der Waals surface area contributed by atoms with E-state index in [9.17, 15) is 4.79 Å². The summed E-state index contributed by atoms with van der Waals surface area (Å²) in [5.41, 5.74) is 2.05. The zero-order valence-electron chi connectivity index (χ0n) is 14.4. The monoisotopic (exact) mass is 355 g/mol. The SMILES string of the molecule is COc1cccc2sc(N(C)CC(=O)NCCc3ccccc3)nc12. The van der Waals surface area contributed by atoms with Crippen LogP contribution in [0.25, 0.3) is 10.2 Å². The van der Waals surface area contributed by atoms with E-state index < -0.39 is 0 Å². The minimum atomic E-state index is -0.00958. The van der Waals surface area contributed by atoms with Gasteiger partial charge in [-0.1, -0.05) is 47.7 Å². The molecule has 0 spiro atoms. The Labute approximate surface area is 151 Å². The number of amides is 1. The number of ether oxygens (including phenoxy) is 1. The molecule has 0 unspecified atom stereocenters. The molecule has 0 atom stereocenters. The van der Waals surface area contributed by atoms with Crippen LogP contribution in [-0.4, -0.2) is 38.1 Å². The Morgan fingerprint density at radius 1 is 1.20 bits per heavy atom. The Morgan fingerprint density at radius 2 is 2.00 bits per heavy atom. The van der Waals surface area contributed by atoms with Crippen LogP contribution in [0, 0.1) is 0 Å². The Morgan fingerprint density at radius 3 is 2.76 bits per heavy atom. The number of benzene rings is 2. The minimum Gasteiger partial charge on any atom is -0.494 e. The average Bonchev–Trinajstić information content (AvgIpc) is 3.07. The van der Waals surface area contributed by atoms with Crippen molar-refractivity contribution in [2.45, 2.75) is 6.42 Å². The van der Waals surface area contributed by atoms with Crippen molar-refractivity contribution in [1.82, 2.24) is 10.3 Å². The number of likely N-dealkylation sites (N-methyl/N-ethyl adjacent to an activating group) is 1. The van der Waals surface area contributed by atoms with Crippen LogP contribution in [0.15, 0.2) is 48.5 Å². The Balaban J connectivity index is 1.56. The molecular weight excluding hydrogens is 334 g/mol. The molecule has 0 saturated heterocycles. The summed E-state index contributed by atoms with van der Waals surface area (Å²) in [5, 5.41) is 3.76. The normalized spacial score (nSPS) is 10.6. The van der Waals surface area contributed by atoms with Crippen LogP contribution in [0.5, 0.6) is 5.75 Å². The largest absolute Gasteiger partial charge is 0.494 e. The number of hydrogen-bond acceptors (Lipinski definition) is 5. The van der Waals surface area contributed by atoms with Gasteiger partial charge in [0.15, 0.2) is 5.13 Å². The summed E-state index contributed by atoms with van der Waals surface area (Å²) in [7, 11) is 3.51. The highest BCUT2D eigenvalue weighted by Gasteiger charge is 2.14. The molecule has 3 aromatic rings. The number of hydrogen-bond donors (Lipinski definition) is 1. The maximum absolute atomic E-state index is 12.2. The molecule has 0 aliphatic carbocycles. The molecule has 6 heteroatoms. The number of nitrogens with zero attached hydrogens (tertiary/aromatic N) is 2. The molecule has 130 valence electrons. The number of anilines is 1. The second-order valence-electron chi connectivity index (χ2n) is 5.75. The van der Waals surface area contributed by atoms with Crippen molar-refractivity contribution in [2.75, 3.05) is 32.1 Å². The highest BCUT2D eigenvalue weighted by atomic mass is 32.1. The zero-order chi connectivity index (χ0) is 17.6. The number of thiazole rings is 1. The lowest BCUT2D eigenvalue weighted by Crippen LogP contribution is -2.36. The molecule has 5 nitrogen and oxygen atoms in total. The molecule has 0 aliphatic rings. The standard InChI is InChI=1S/C19H21N3O2S/c1-22(13-17(23)20-12-11-14-7-4-3-5-8-14)19-21-18-15(24-2)9-6-10-16(18)25-19/h3-10H,11-13H2,1-2H3,(H,20,23). The van der Waals surface area contributed by atoms with Crippen LogP contribution in [0.3, 0.4) is 0 Å². The number of aromatic nitrogens is 1. The molecule has 3 rings (SSSR count). The number of rotatable bonds is 7. The lowest BCUT2D eigenvalue weighted by atomic mass is 10.1. The minimum absolute atomic E-state index is 0.00958. The second-order valence-corrected chi connectivity index (χ2v) is 6.75. The molecule has 1 N–H and O–H groups in total. The maximum atomic E-state index is 12.2. The summed E-state index contributed by atoms with van der Waals surface area (Å²) >= 11 is 1.55. The first-order valence-electron chi connectivity index (χ1n) is 8.12. The molecular formula is C19H21N3O2S. The number of methoxy groups -OCH3 is 1. The van der Waals surface area contributed by atoms with Gasteiger partial charge in [-0.2, -0.15) is 0 Å². The van der Waals surface area contributed by atoms with Crippen molar-refractivity contribution in [3.8, 4) is 5.75 Å². The molecule has 0 saturated carbocycles. The van der Waals surface area contributed by atoms with E-state index in [0.29, 0.717) is 6.54 Å². The average molecular weight is 355 g/mol. The van der Waals surface area contributed by atoms with Gasteiger partial charge in [-0.15, -0.1) is 0 Å². The number of carbonyl (C=O) groups is 1. The van der Waals surface area contributed by atoms with Gasteiger partial charge in [-0.3, -0.25) is 4.79 Å². The van der Waals surface area contributed by atoms with Gasteiger partial charge in [0.05, 0.1) is 18.4 Å². The topological polar surface area (TPSA) is 54.5 Å². The van der Waals surface area contributed by atoms with Crippen LogP contribution in [0.1, 0.15) is 5.56 Å². The van der Waals surface area contributed by atoms with E-state index in [0.717, 1.165) is 27.5 Å². The predicted octanol–water partition coefficient (Wildman–Crippen LogP) is 3.10. The quantitative estimate of drug-likeness (QED) is 0.708. The van der Waals surface area contributed by atoms with E-state index in [-0.39, 0.29) is 12.5 Å². The van der Waals surface area contributed by atoms with Gasteiger partial charge in [0.25, 0.3) is 0 Å². The van der Waals surface area contributed by atoms with Crippen LogP contribution < -0.4 is 15.0 Å². The highest BCUT2D eigenvalue weighted by molar-refractivity contribution is 7.22. The van der Waals surface area contributed by atoms with Crippen LogP contribution in [0.2, 0.25) is 0 Å². The van der Waals surface area contributed by atoms with Crippen molar-refractivity contribution in [2.24, 2.45) is 0 Å². The van der Waals surface area contributed by atoms with Crippen molar-refractivity contribution in [3.63, 3.8) is 0 Å². The van der Waals surface area contributed by atoms with E-state index in [4.69, 9.17) is 4.74 Å². The Hall–Kier alpha value is -2.60. The molecule has 0 radical (unpaired) electrons. The second kappa shape index (κ2) is 7.98. The summed E-state index contributed by atoms with van der Waals surface area (Å²) in [6.07, 6.45) is 0.828. The first-order chi connectivity index (χ1) is 12.2. The molecule has 0 bridgehead atoms. The fourth-order valence-corrected chi connectivity index (χ4v) is 3.51. The van der Waals surface area contributed by atoms with Crippen molar-refractivity contribution < 1.29 is 9.53 Å². The fraction of sp³-hybridized carbons (Fsp3) is 0.263. The van der Waals surface area contributed by atoms with Crippen molar-refractivity contribution in [3.05, 3.63) is 54.1 Å². The number of nitrogens with one attached hydrogen (secondary N) is 1. The van der Waals surface area contributed by atoms with E-state index in [2.05, 4.69) is 22.4 Å². The van der Waals surface area contributed by atoms with Crippen LogP contribution >= 0.6 is 11.3 Å². The third kappa shape index (κ3) is 4.28. The Kier molecular flexibility index (Phi) is 5.50. The van der Waals surface area contributed by atoms with Gasteiger partial charge < -0.3 is 15.0 Å². The van der Waals surface area contributed by atoms with Crippen molar-refractivity contribution >= 4 is 32.6 Å². The van der Waals surface area contributed by atoms with Gasteiger partial charge in [-0.05, 0) is 24.1 Å². The summed E-state index contributed by atoms with van der Waals surface area (Å²) in [4.78, 5) is 18.6. The van der Waals surface area contributed by atoms with Gasteiger partial charge in [-0.25, -0.2) is 4.98 Å². The molecule has 1 amide bonds. The molecule has 0 fully saturated rings. The Bertz CT molecular complexity index is 848. The first-order valence-corrected chi connectivity index (χ1v) is 8.94. The number of carbonyl (C=O) groups excluding carboxylic acids is 1.